The van der Waals surface area contributed by atoms with Crippen LogP contribution in [-0.4, -0.2) is 15.3 Å². The normalized spacial score (nSPS) is 11.9. The third-order valence-electron chi connectivity index (χ3n) is 3.08. The molecule has 0 saturated carbocycles. The number of nitrogens with one attached hydrogen (secondary N) is 1. The highest BCUT2D eigenvalue weighted by Crippen LogP contribution is 2.15. The molecule has 1 heterocycles. The molecule has 0 unspecified atom stereocenters. The lowest BCUT2D eigenvalue weighted by Gasteiger charge is -2.20. The highest BCUT2D eigenvalue weighted by Gasteiger charge is 2.14. The fraction of sp³-hybridized carbons (Fsp3) is 0.667. The van der Waals surface area contributed by atoms with E-state index in [1.165, 1.54) is 16.8 Å². The van der Waals surface area contributed by atoms with Crippen LogP contribution >= 0.6 is 0 Å². The van der Waals surface area contributed by atoms with Crippen LogP contribution in [0.4, 0.5) is 0 Å². The Morgan fingerprint density at radius 2 is 1.94 bits per heavy atom. The van der Waals surface area contributed by atoms with E-state index in [1.54, 1.807) is 0 Å². The van der Waals surface area contributed by atoms with Crippen LogP contribution < -0.4 is 5.32 Å². The summed E-state index contributed by atoms with van der Waals surface area (Å²) in [6.07, 6.45) is 0.994. The molecule has 1 rings (SSSR count). The predicted molar refractivity (Wildman–Crippen MR) is 77.7 cm³/mol. The molecule has 3 nitrogen and oxygen atoms in total. The Hall–Kier alpha value is -1.09. The number of hydrogen-bond donors (Lipinski definition) is 1. The summed E-state index contributed by atoms with van der Waals surface area (Å²) in [7, 11) is 0. The number of rotatable bonds is 5. The van der Waals surface area contributed by atoms with Gasteiger partial charge in [-0.15, -0.1) is 6.58 Å². The van der Waals surface area contributed by atoms with E-state index >= 15 is 0 Å². The molecule has 0 aliphatic rings. The third-order valence-corrected chi connectivity index (χ3v) is 3.08. The Balaban J connectivity index is 2.77. The van der Waals surface area contributed by atoms with Crippen LogP contribution in [0.25, 0.3) is 0 Å². The van der Waals surface area contributed by atoms with E-state index in [-0.39, 0.29) is 5.54 Å². The summed E-state index contributed by atoms with van der Waals surface area (Å²) in [6.45, 7) is 18.6. The van der Waals surface area contributed by atoms with E-state index in [9.17, 15) is 0 Å². The minimum absolute atomic E-state index is 0.138. The van der Waals surface area contributed by atoms with Gasteiger partial charge in [0.15, 0.2) is 0 Å². The average Bonchev–Trinajstić information content (AvgIpc) is 2.47. The van der Waals surface area contributed by atoms with E-state index in [0.29, 0.717) is 0 Å². The van der Waals surface area contributed by atoms with E-state index in [2.05, 4.69) is 63.2 Å². The van der Waals surface area contributed by atoms with Gasteiger partial charge in [0.1, 0.15) is 0 Å². The maximum Gasteiger partial charge on any atom is 0.0641 e. The molecular formula is C15H27N3. The van der Waals surface area contributed by atoms with Gasteiger partial charge in [0.05, 0.1) is 5.69 Å². The van der Waals surface area contributed by atoms with Gasteiger partial charge in [-0.25, -0.2) is 0 Å². The molecule has 102 valence electrons. The van der Waals surface area contributed by atoms with E-state index in [0.717, 1.165) is 25.2 Å². The summed E-state index contributed by atoms with van der Waals surface area (Å²) in [5, 5.41) is 8.15. The molecule has 1 aromatic rings. The van der Waals surface area contributed by atoms with Crippen LogP contribution in [0.3, 0.4) is 0 Å². The summed E-state index contributed by atoms with van der Waals surface area (Å²) < 4.78 is 2.10. The lowest BCUT2D eigenvalue weighted by Crippen LogP contribution is -2.35. The average molecular weight is 249 g/mol. The van der Waals surface area contributed by atoms with Gasteiger partial charge < -0.3 is 5.32 Å². The lowest BCUT2D eigenvalue weighted by atomic mass is 10.1. The van der Waals surface area contributed by atoms with Gasteiger partial charge in [-0.2, -0.15) is 5.10 Å². The second kappa shape index (κ2) is 5.70. The molecule has 1 N–H and O–H groups in total. The Morgan fingerprint density at radius 1 is 1.33 bits per heavy atom. The smallest absolute Gasteiger partial charge is 0.0641 e. The quantitative estimate of drug-likeness (QED) is 0.811. The summed E-state index contributed by atoms with van der Waals surface area (Å²) in [4.78, 5) is 0. The first-order valence-electron chi connectivity index (χ1n) is 6.63. The van der Waals surface area contributed by atoms with Crippen molar-refractivity contribution in [3.63, 3.8) is 0 Å². The highest BCUT2D eigenvalue weighted by atomic mass is 15.3. The van der Waals surface area contributed by atoms with Crippen molar-refractivity contribution >= 4 is 0 Å². The van der Waals surface area contributed by atoms with Crippen LogP contribution in [0.2, 0.25) is 0 Å². The molecule has 0 radical (unpaired) electrons. The summed E-state index contributed by atoms with van der Waals surface area (Å²) >= 11 is 0. The fourth-order valence-electron chi connectivity index (χ4n) is 1.86. The topological polar surface area (TPSA) is 29.9 Å². The minimum Gasteiger partial charge on any atom is -0.308 e. The second-order valence-corrected chi connectivity index (χ2v) is 6.18. The molecule has 0 saturated heterocycles. The van der Waals surface area contributed by atoms with Crippen LogP contribution in [0, 0.1) is 13.8 Å². The number of aryl methyl sites for hydroxylation is 2. The van der Waals surface area contributed by atoms with Gasteiger partial charge >= 0.3 is 0 Å². The first kappa shape index (κ1) is 15.0. The van der Waals surface area contributed by atoms with Gasteiger partial charge in [0.25, 0.3) is 0 Å². The Bertz CT molecular complexity index is 422. The molecule has 1 aromatic heterocycles. The van der Waals surface area contributed by atoms with Crippen LogP contribution in [-0.2, 0) is 13.1 Å². The second-order valence-electron chi connectivity index (χ2n) is 6.18. The number of nitrogens with zero attached hydrogens (tertiary/aromatic N) is 2. The van der Waals surface area contributed by atoms with Crippen molar-refractivity contribution in [3.05, 3.63) is 29.1 Å². The van der Waals surface area contributed by atoms with Crippen molar-refractivity contribution < 1.29 is 0 Å². The lowest BCUT2D eigenvalue weighted by molar-refractivity contribution is 0.423. The van der Waals surface area contributed by atoms with E-state index < -0.39 is 0 Å². The van der Waals surface area contributed by atoms with Gasteiger partial charge in [-0.05, 0) is 48.0 Å². The highest BCUT2D eigenvalue weighted by molar-refractivity contribution is 5.24. The molecule has 0 atom stereocenters. The van der Waals surface area contributed by atoms with Crippen LogP contribution in [0.15, 0.2) is 12.2 Å². The Morgan fingerprint density at radius 3 is 2.44 bits per heavy atom. The predicted octanol–water partition coefficient (Wildman–Crippen LogP) is 3.35. The third kappa shape index (κ3) is 4.30. The van der Waals surface area contributed by atoms with Gasteiger partial charge in [-0.1, -0.05) is 5.57 Å². The first-order chi connectivity index (χ1) is 8.20. The zero-order valence-corrected chi connectivity index (χ0v) is 12.7. The van der Waals surface area contributed by atoms with E-state index in [4.69, 9.17) is 0 Å². The SMILES string of the molecule is C=C(C)CCn1nc(C)c(CNC(C)(C)C)c1C. The molecule has 0 amide bonds. The molecule has 0 spiro atoms. The van der Waals surface area contributed by atoms with Crippen molar-refractivity contribution in [3.8, 4) is 0 Å². The molecule has 0 aliphatic carbocycles. The summed E-state index contributed by atoms with van der Waals surface area (Å²) in [6, 6.07) is 0. The summed E-state index contributed by atoms with van der Waals surface area (Å²) in [5.74, 6) is 0. The molecule has 3 heteroatoms. The Labute approximate surface area is 111 Å². The van der Waals surface area contributed by atoms with Crippen molar-refractivity contribution in [1.29, 1.82) is 0 Å². The molecule has 0 bridgehead atoms. The fourth-order valence-corrected chi connectivity index (χ4v) is 1.86. The molecule has 0 aromatic carbocycles. The maximum atomic E-state index is 4.62. The largest absolute Gasteiger partial charge is 0.308 e. The van der Waals surface area contributed by atoms with Crippen LogP contribution in [0.5, 0.6) is 0 Å². The van der Waals surface area contributed by atoms with Crippen molar-refractivity contribution in [2.75, 3.05) is 0 Å². The van der Waals surface area contributed by atoms with Gasteiger partial charge in [0.2, 0.25) is 0 Å². The maximum absolute atomic E-state index is 4.62. The molecule has 0 aliphatic heterocycles. The number of hydrogen-bond acceptors (Lipinski definition) is 2. The molecule has 18 heavy (non-hydrogen) atoms. The standard InChI is InChI=1S/C15H27N3/c1-11(2)8-9-18-13(4)14(12(3)17-18)10-16-15(5,6)7/h16H,1,8-10H2,2-7H3. The van der Waals surface area contributed by atoms with Crippen molar-refractivity contribution in [2.45, 2.75) is 66.6 Å². The van der Waals surface area contributed by atoms with E-state index in [1.807, 2.05) is 0 Å². The monoisotopic (exact) mass is 249 g/mol. The van der Waals surface area contributed by atoms with Crippen molar-refractivity contribution in [2.24, 2.45) is 0 Å². The van der Waals surface area contributed by atoms with Gasteiger partial charge in [0, 0.05) is 29.9 Å². The number of allylic oxidation sites excluding steroid dienone is 1. The zero-order chi connectivity index (χ0) is 13.9. The number of aromatic nitrogens is 2. The van der Waals surface area contributed by atoms with Crippen LogP contribution in [0.1, 0.15) is 51.1 Å². The molecule has 0 fully saturated rings. The summed E-state index contributed by atoms with van der Waals surface area (Å²) in [5.41, 5.74) is 5.07. The van der Waals surface area contributed by atoms with Crippen molar-refractivity contribution in [1.82, 2.24) is 15.1 Å². The minimum atomic E-state index is 0.138. The zero-order valence-electron chi connectivity index (χ0n) is 12.7. The first-order valence-corrected chi connectivity index (χ1v) is 6.63. The van der Waals surface area contributed by atoms with Gasteiger partial charge in [-0.3, -0.25) is 4.68 Å². The molecular weight excluding hydrogens is 222 g/mol. The Kier molecular flexibility index (Phi) is 4.74.